The maximum atomic E-state index is 12.8. The summed E-state index contributed by atoms with van der Waals surface area (Å²) in [5, 5.41) is 8.43. The number of carbonyl (C=O) groups excluding carboxylic acids is 1. The highest BCUT2D eigenvalue weighted by atomic mass is 35.5. The molecule has 1 saturated carbocycles. The fourth-order valence-corrected chi connectivity index (χ4v) is 2.29. The SMILES string of the molecule is CCOC(=O)/C(=C/N(c1ccc(C(F)(F)F)c(Cl)n1)C1CC1)C(=O)O. The molecular weight excluding hydrogens is 365 g/mol. The zero-order valence-corrected chi connectivity index (χ0v) is 13.8. The van der Waals surface area contributed by atoms with Crippen LogP contribution in [0, 0.1) is 0 Å². The quantitative estimate of drug-likeness (QED) is 0.269. The third kappa shape index (κ3) is 4.62. The molecule has 0 bridgehead atoms. The van der Waals surface area contributed by atoms with Gasteiger partial charge in [-0.05, 0) is 31.9 Å². The Bertz CT molecular complexity index is 717. The van der Waals surface area contributed by atoms with E-state index in [4.69, 9.17) is 11.6 Å². The maximum absolute atomic E-state index is 12.8. The summed E-state index contributed by atoms with van der Waals surface area (Å²) in [5.74, 6) is -2.54. The molecule has 25 heavy (non-hydrogen) atoms. The summed E-state index contributed by atoms with van der Waals surface area (Å²) >= 11 is 5.61. The van der Waals surface area contributed by atoms with Crippen molar-refractivity contribution in [1.29, 1.82) is 0 Å². The molecule has 1 fully saturated rings. The molecule has 0 radical (unpaired) electrons. The fraction of sp³-hybridized carbons (Fsp3) is 0.400. The highest BCUT2D eigenvalue weighted by Gasteiger charge is 2.36. The van der Waals surface area contributed by atoms with Crippen LogP contribution in [-0.4, -0.2) is 34.7 Å². The van der Waals surface area contributed by atoms with Crippen LogP contribution in [0.15, 0.2) is 23.9 Å². The number of carboxylic acid groups (broad SMARTS) is 1. The second-order valence-corrected chi connectivity index (χ2v) is 5.57. The summed E-state index contributed by atoms with van der Waals surface area (Å²) in [7, 11) is 0. The predicted octanol–water partition coefficient (Wildman–Crippen LogP) is 3.25. The standard InChI is InChI=1S/C15H14ClF3N2O4/c1-2-25-14(24)9(13(22)23)7-21(8-3-4-8)11-6-5-10(12(16)20-11)15(17,18)19/h5-8H,2-4H2,1H3,(H,22,23)/b9-7+. The molecule has 0 unspecified atom stereocenters. The van der Waals surface area contributed by atoms with Crippen molar-refractivity contribution >= 4 is 29.4 Å². The van der Waals surface area contributed by atoms with Crippen LogP contribution in [0.1, 0.15) is 25.3 Å². The molecule has 1 aliphatic rings. The van der Waals surface area contributed by atoms with Crippen LogP contribution >= 0.6 is 11.6 Å². The Morgan fingerprint density at radius 3 is 2.52 bits per heavy atom. The van der Waals surface area contributed by atoms with Gasteiger partial charge in [-0.15, -0.1) is 0 Å². The van der Waals surface area contributed by atoms with Crippen molar-refractivity contribution < 1.29 is 32.6 Å². The molecule has 0 saturated heterocycles. The largest absolute Gasteiger partial charge is 0.477 e. The molecule has 0 aromatic carbocycles. The number of carbonyl (C=O) groups is 2. The Labute approximate surface area is 145 Å². The summed E-state index contributed by atoms with van der Waals surface area (Å²) in [6, 6.07) is 1.66. The van der Waals surface area contributed by atoms with Gasteiger partial charge in [-0.25, -0.2) is 14.6 Å². The molecule has 0 spiro atoms. The third-order valence-electron chi connectivity index (χ3n) is 3.34. The zero-order valence-electron chi connectivity index (χ0n) is 13.0. The second kappa shape index (κ2) is 7.30. The van der Waals surface area contributed by atoms with Gasteiger partial charge in [0.15, 0.2) is 5.57 Å². The third-order valence-corrected chi connectivity index (χ3v) is 3.63. The molecule has 0 amide bonds. The van der Waals surface area contributed by atoms with Crippen molar-refractivity contribution in [2.45, 2.75) is 32.0 Å². The molecule has 2 rings (SSSR count). The van der Waals surface area contributed by atoms with Crippen molar-refractivity contribution in [3.05, 3.63) is 34.6 Å². The minimum Gasteiger partial charge on any atom is -0.477 e. The topological polar surface area (TPSA) is 79.7 Å². The first-order valence-electron chi connectivity index (χ1n) is 7.29. The van der Waals surface area contributed by atoms with Crippen molar-refractivity contribution in [2.24, 2.45) is 0 Å². The lowest BCUT2D eigenvalue weighted by atomic mass is 10.2. The van der Waals surface area contributed by atoms with Crippen LogP contribution in [0.3, 0.4) is 0 Å². The lowest BCUT2D eigenvalue weighted by Crippen LogP contribution is -2.25. The molecule has 1 aromatic heterocycles. The highest BCUT2D eigenvalue weighted by molar-refractivity contribution is 6.30. The number of alkyl halides is 3. The molecule has 136 valence electrons. The average Bonchev–Trinajstić information content (AvgIpc) is 3.31. The normalized spacial score (nSPS) is 15.0. The number of anilines is 1. The van der Waals surface area contributed by atoms with Crippen LogP contribution < -0.4 is 4.90 Å². The van der Waals surface area contributed by atoms with E-state index in [9.17, 15) is 27.9 Å². The molecule has 0 aliphatic heterocycles. The van der Waals surface area contributed by atoms with Crippen LogP contribution in [0.5, 0.6) is 0 Å². The second-order valence-electron chi connectivity index (χ2n) is 5.21. The summed E-state index contributed by atoms with van der Waals surface area (Å²) in [4.78, 5) is 28.1. The summed E-state index contributed by atoms with van der Waals surface area (Å²) in [6.07, 6.45) is -2.29. The van der Waals surface area contributed by atoms with Crippen LogP contribution in [-0.2, 0) is 20.5 Å². The van der Waals surface area contributed by atoms with Gasteiger partial charge in [0, 0.05) is 12.2 Å². The molecule has 0 atom stereocenters. The van der Waals surface area contributed by atoms with Gasteiger partial charge in [0.05, 0.1) is 12.2 Å². The number of rotatable bonds is 6. The highest BCUT2D eigenvalue weighted by Crippen LogP contribution is 2.37. The number of aromatic nitrogens is 1. The Hall–Kier alpha value is -2.29. The van der Waals surface area contributed by atoms with E-state index >= 15 is 0 Å². The minimum atomic E-state index is -4.65. The molecular formula is C15H14ClF3N2O4. The Morgan fingerprint density at radius 1 is 1.44 bits per heavy atom. The minimum absolute atomic E-state index is 0.0166. The van der Waals surface area contributed by atoms with Crippen molar-refractivity contribution in [2.75, 3.05) is 11.5 Å². The van der Waals surface area contributed by atoms with Crippen molar-refractivity contribution in [3.63, 3.8) is 0 Å². The molecule has 1 N–H and O–H groups in total. The van der Waals surface area contributed by atoms with Gasteiger partial charge in [-0.3, -0.25) is 0 Å². The molecule has 6 nitrogen and oxygen atoms in total. The van der Waals surface area contributed by atoms with E-state index in [1.54, 1.807) is 0 Å². The van der Waals surface area contributed by atoms with Gasteiger partial charge in [-0.1, -0.05) is 11.6 Å². The van der Waals surface area contributed by atoms with Gasteiger partial charge < -0.3 is 14.7 Å². The van der Waals surface area contributed by atoms with Gasteiger partial charge in [0.25, 0.3) is 0 Å². The molecule has 1 aromatic rings. The number of hydrogen-bond donors (Lipinski definition) is 1. The number of aliphatic carboxylic acids is 1. The van der Waals surface area contributed by atoms with E-state index in [2.05, 4.69) is 9.72 Å². The van der Waals surface area contributed by atoms with E-state index in [1.165, 1.54) is 11.8 Å². The van der Waals surface area contributed by atoms with E-state index in [-0.39, 0.29) is 18.5 Å². The first kappa shape index (κ1) is 19.0. The summed E-state index contributed by atoms with van der Waals surface area (Å²) in [6.45, 7) is 1.50. The Morgan fingerprint density at radius 2 is 2.08 bits per heavy atom. The average molecular weight is 379 g/mol. The maximum Gasteiger partial charge on any atom is 0.419 e. The summed E-state index contributed by atoms with van der Waals surface area (Å²) in [5.41, 5.74) is -1.74. The lowest BCUT2D eigenvalue weighted by molar-refractivity contribution is -0.144. The van der Waals surface area contributed by atoms with Crippen LogP contribution in [0.4, 0.5) is 19.0 Å². The van der Waals surface area contributed by atoms with E-state index in [1.807, 2.05) is 0 Å². The van der Waals surface area contributed by atoms with Gasteiger partial charge in [-0.2, -0.15) is 13.2 Å². The fourth-order valence-electron chi connectivity index (χ4n) is 2.03. The monoisotopic (exact) mass is 378 g/mol. The van der Waals surface area contributed by atoms with Crippen molar-refractivity contribution in [1.82, 2.24) is 4.98 Å². The van der Waals surface area contributed by atoms with Gasteiger partial charge in [0.1, 0.15) is 11.0 Å². The smallest absolute Gasteiger partial charge is 0.419 e. The number of esters is 1. The van der Waals surface area contributed by atoms with Crippen molar-refractivity contribution in [3.8, 4) is 0 Å². The van der Waals surface area contributed by atoms with E-state index < -0.39 is 34.4 Å². The number of pyridine rings is 1. The first-order chi connectivity index (χ1) is 11.6. The van der Waals surface area contributed by atoms with Gasteiger partial charge >= 0.3 is 18.1 Å². The first-order valence-corrected chi connectivity index (χ1v) is 7.67. The van der Waals surface area contributed by atoms with Crippen LogP contribution in [0.25, 0.3) is 0 Å². The Balaban J connectivity index is 2.41. The molecule has 10 heteroatoms. The molecule has 1 heterocycles. The number of hydrogen-bond acceptors (Lipinski definition) is 5. The molecule has 1 aliphatic carbocycles. The van der Waals surface area contributed by atoms with Gasteiger partial charge in [0.2, 0.25) is 0 Å². The van der Waals surface area contributed by atoms with E-state index in [0.29, 0.717) is 12.8 Å². The predicted molar refractivity (Wildman–Crippen MR) is 82.1 cm³/mol. The van der Waals surface area contributed by atoms with Crippen LogP contribution in [0.2, 0.25) is 5.15 Å². The summed E-state index contributed by atoms with van der Waals surface area (Å²) < 4.78 is 43.0. The zero-order chi connectivity index (χ0) is 18.8. The number of carboxylic acids is 1. The Kier molecular flexibility index (Phi) is 5.56. The number of nitrogens with zero attached hydrogens (tertiary/aromatic N) is 2. The van der Waals surface area contributed by atoms with E-state index in [0.717, 1.165) is 18.3 Å². The lowest BCUT2D eigenvalue weighted by Gasteiger charge is -2.21. The number of halogens is 4. The number of ether oxygens (including phenoxy) is 1.